The third-order valence-corrected chi connectivity index (χ3v) is 2.43. The highest BCUT2D eigenvalue weighted by atomic mass is 16.6. The zero-order valence-corrected chi connectivity index (χ0v) is 9.16. The lowest BCUT2D eigenvalue weighted by atomic mass is 9.98. The van der Waals surface area contributed by atoms with E-state index in [0.29, 0.717) is 6.42 Å². The number of hydrogen-bond donors (Lipinski definition) is 0. The van der Waals surface area contributed by atoms with Gasteiger partial charge in [-0.15, -0.1) is 0 Å². The molecule has 0 bridgehead atoms. The second-order valence-corrected chi connectivity index (χ2v) is 3.80. The first-order valence-electron chi connectivity index (χ1n) is 5.61. The smallest absolute Gasteiger partial charge is 0.417 e. The topological polar surface area (TPSA) is 52.6 Å². The summed E-state index contributed by atoms with van der Waals surface area (Å²) in [5.41, 5.74) is 0. The normalized spacial score (nSPS) is 17.1. The summed E-state index contributed by atoms with van der Waals surface area (Å²) in [5.74, 6) is -1.70. The van der Waals surface area contributed by atoms with Crippen LogP contribution >= 0.6 is 0 Å². The molecular weight excluding hydrogens is 196 g/mol. The van der Waals surface area contributed by atoms with Gasteiger partial charge in [-0.1, -0.05) is 13.3 Å². The fourth-order valence-corrected chi connectivity index (χ4v) is 1.64. The molecule has 0 spiro atoms. The van der Waals surface area contributed by atoms with Crippen molar-refractivity contribution in [1.82, 2.24) is 0 Å². The Labute approximate surface area is 89.9 Å². The van der Waals surface area contributed by atoms with Gasteiger partial charge in [0.15, 0.2) is 0 Å². The van der Waals surface area contributed by atoms with Crippen LogP contribution in [0.5, 0.6) is 0 Å². The summed E-state index contributed by atoms with van der Waals surface area (Å²) in [7, 11) is 0. The third-order valence-electron chi connectivity index (χ3n) is 2.43. The van der Waals surface area contributed by atoms with Crippen LogP contribution in [0.25, 0.3) is 0 Å². The number of hydrogen-bond acceptors (Lipinski definition) is 4. The summed E-state index contributed by atoms with van der Waals surface area (Å²) >= 11 is 0. The van der Waals surface area contributed by atoms with Crippen LogP contribution < -0.4 is 0 Å². The average molecular weight is 214 g/mol. The third kappa shape index (κ3) is 4.32. The van der Waals surface area contributed by atoms with E-state index in [2.05, 4.69) is 4.74 Å². The monoisotopic (exact) mass is 214 g/mol. The molecule has 0 saturated heterocycles. The van der Waals surface area contributed by atoms with Crippen LogP contribution in [0.2, 0.25) is 0 Å². The largest absolute Gasteiger partial charge is 0.457 e. The molecule has 0 radical (unpaired) electrons. The number of carbonyl (C=O) groups excluding carboxylic acids is 2. The summed E-state index contributed by atoms with van der Waals surface area (Å²) in [6, 6.07) is 0. The van der Waals surface area contributed by atoms with E-state index in [4.69, 9.17) is 4.74 Å². The molecule has 0 aromatic carbocycles. The Bertz CT molecular complexity index is 219. The molecule has 4 heteroatoms. The van der Waals surface area contributed by atoms with Gasteiger partial charge in [0, 0.05) is 0 Å². The van der Waals surface area contributed by atoms with Gasteiger partial charge >= 0.3 is 11.9 Å². The fraction of sp³-hybridized carbons (Fsp3) is 0.818. The van der Waals surface area contributed by atoms with Gasteiger partial charge in [0.2, 0.25) is 0 Å². The highest BCUT2D eigenvalue weighted by Crippen LogP contribution is 2.20. The second kappa shape index (κ2) is 6.43. The fourth-order valence-electron chi connectivity index (χ4n) is 1.64. The molecular formula is C11H18O4. The Balaban J connectivity index is 2.24. The number of esters is 2. The molecule has 1 saturated carbocycles. The second-order valence-electron chi connectivity index (χ2n) is 3.80. The van der Waals surface area contributed by atoms with E-state index in [9.17, 15) is 9.59 Å². The maximum Gasteiger partial charge on any atom is 0.417 e. The molecule has 4 nitrogen and oxygen atoms in total. The van der Waals surface area contributed by atoms with Gasteiger partial charge in [-0.25, -0.2) is 9.59 Å². The minimum Gasteiger partial charge on any atom is -0.457 e. The maximum absolute atomic E-state index is 11.2. The van der Waals surface area contributed by atoms with E-state index in [-0.39, 0.29) is 12.7 Å². The Morgan fingerprint density at radius 3 is 2.40 bits per heavy atom. The van der Waals surface area contributed by atoms with Crippen LogP contribution in [-0.4, -0.2) is 24.6 Å². The van der Waals surface area contributed by atoms with Crippen molar-refractivity contribution in [2.75, 3.05) is 6.61 Å². The first-order valence-corrected chi connectivity index (χ1v) is 5.61. The highest BCUT2D eigenvalue weighted by Gasteiger charge is 2.23. The minimum atomic E-state index is -0.859. The van der Waals surface area contributed by atoms with Crippen molar-refractivity contribution in [3.05, 3.63) is 0 Å². The zero-order chi connectivity index (χ0) is 11.1. The molecule has 0 aromatic heterocycles. The molecule has 1 aliphatic rings. The minimum absolute atomic E-state index is 0.0829. The van der Waals surface area contributed by atoms with E-state index >= 15 is 0 Å². The van der Waals surface area contributed by atoms with Gasteiger partial charge in [-0.3, -0.25) is 0 Å². The van der Waals surface area contributed by atoms with Crippen LogP contribution in [0, 0.1) is 0 Å². The van der Waals surface area contributed by atoms with Gasteiger partial charge in [-0.2, -0.15) is 0 Å². The Morgan fingerprint density at radius 2 is 1.80 bits per heavy atom. The summed E-state index contributed by atoms with van der Waals surface area (Å²) < 4.78 is 9.72. The van der Waals surface area contributed by atoms with Crippen molar-refractivity contribution in [1.29, 1.82) is 0 Å². The first kappa shape index (κ1) is 12.0. The van der Waals surface area contributed by atoms with Gasteiger partial charge in [-0.05, 0) is 32.1 Å². The van der Waals surface area contributed by atoms with E-state index in [0.717, 1.165) is 25.7 Å². The van der Waals surface area contributed by atoms with Gasteiger partial charge in [0.25, 0.3) is 0 Å². The number of carbonyl (C=O) groups is 2. The van der Waals surface area contributed by atoms with E-state index in [1.807, 2.05) is 6.92 Å². The van der Waals surface area contributed by atoms with E-state index in [1.165, 1.54) is 6.42 Å². The SMILES string of the molecule is CCCOC(=O)C(=O)OC1CCCCC1. The first-order chi connectivity index (χ1) is 7.24. The van der Waals surface area contributed by atoms with Crippen molar-refractivity contribution in [2.45, 2.75) is 51.6 Å². The van der Waals surface area contributed by atoms with Gasteiger partial charge in [0.05, 0.1) is 6.61 Å². The molecule has 1 rings (SSSR count). The molecule has 0 aromatic rings. The van der Waals surface area contributed by atoms with Crippen molar-refractivity contribution in [3.63, 3.8) is 0 Å². The number of rotatable bonds is 3. The molecule has 0 unspecified atom stereocenters. The Kier molecular flexibility index (Phi) is 5.15. The standard InChI is InChI=1S/C11H18O4/c1-2-8-14-10(12)11(13)15-9-6-4-3-5-7-9/h9H,2-8H2,1H3. The summed E-state index contributed by atoms with van der Waals surface area (Å²) in [4.78, 5) is 22.3. The van der Waals surface area contributed by atoms with Crippen LogP contribution in [0.4, 0.5) is 0 Å². The zero-order valence-electron chi connectivity index (χ0n) is 9.16. The Morgan fingerprint density at radius 1 is 1.13 bits per heavy atom. The molecule has 1 aliphatic carbocycles. The predicted molar refractivity (Wildman–Crippen MR) is 54.2 cm³/mol. The maximum atomic E-state index is 11.2. The molecule has 0 amide bonds. The average Bonchev–Trinajstić information content (AvgIpc) is 2.27. The lowest BCUT2D eigenvalue weighted by Crippen LogP contribution is -2.27. The molecule has 1 fully saturated rings. The predicted octanol–water partition coefficient (Wildman–Crippen LogP) is 1.82. The van der Waals surface area contributed by atoms with E-state index < -0.39 is 11.9 Å². The lowest BCUT2D eigenvalue weighted by molar-refractivity contribution is -0.171. The summed E-state index contributed by atoms with van der Waals surface area (Å²) in [5, 5.41) is 0. The van der Waals surface area contributed by atoms with Crippen LogP contribution in [0.15, 0.2) is 0 Å². The molecule has 86 valence electrons. The molecule has 15 heavy (non-hydrogen) atoms. The Hall–Kier alpha value is -1.06. The van der Waals surface area contributed by atoms with Gasteiger partial charge < -0.3 is 9.47 Å². The van der Waals surface area contributed by atoms with Crippen molar-refractivity contribution in [2.24, 2.45) is 0 Å². The van der Waals surface area contributed by atoms with Crippen LogP contribution in [0.1, 0.15) is 45.4 Å². The molecule has 0 N–H and O–H groups in total. The summed E-state index contributed by atoms with van der Waals surface area (Å²) in [6.45, 7) is 2.15. The van der Waals surface area contributed by atoms with E-state index in [1.54, 1.807) is 0 Å². The van der Waals surface area contributed by atoms with Gasteiger partial charge in [0.1, 0.15) is 6.10 Å². The van der Waals surface area contributed by atoms with Crippen molar-refractivity contribution in [3.8, 4) is 0 Å². The van der Waals surface area contributed by atoms with Crippen molar-refractivity contribution < 1.29 is 19.1 Å². The van der Waals surface area contributed by atoms with Crippen LogP contribution in [0.3, 0.4) is 0 Å². The van der Waals surface area contributed by atoms with Crippen LogP contribution in [-0.2, 0) is 19.1 Å². The van der Waals surface area contributed by atoms with Crippen molar-refractivity contribution >= 4 is 11.9 Å². The highest BCUT2D eigenvalue weighted by molar-refractivity contribution is 6.29. The molecule has 0 atom stereocenters. The molecule has 0 aliphatic heterocycles. The quantitative estimate of drug-likeness (QED) is 0.531. The lowest BCUT2D eigenvalue weighted by Gasteiger charge is -2.21. The number of ether oxygens (including phenoxy) is 2. The summed E-state index contributed by atoms with van der Waals surface area (Å²) in [6.07, 6.45) is 5.70. The molecule has 0 heterocycles.